The average molecular weight is 555 g/mol. The van der Waals surface area contributed by atoms with Crippen LogP contribution in [0.25, 0.3) is 21.8 Å². The summed E-state index contributed by atoms with van der Waals surface area (Å²) in [5.41, 5.74) is 13.5. The quantitative estimate of drug-likeness (QED) is 0.179. The maximum absolute atomic E-state index is 3.93. The largest absolute Gasteiger partial charge is 0.357 e. The van der Waals surface area contributed by atoms with Crippen molar-refractivity contribution in [3.63, 3.8) is 0 Å². The fourth-order valence-electron chi connectivity index (χ4n) is 7.17. The van der Waals surface area contributed by atoms with Crippen molar-refractivity contribution in [1.82, 2.24) is 20.6 Å². The monoisotopic (exact) mass is 554 g/mol. The van der Waals surface area contributed by atoms with Gasteiger partial charge in [-0.25, -0.2) is 0 Å². The predicted octanol–water partition coefficient (Wildman–Crippen LogP) is 7.89. The molecule has 0 aliphatic carbocycles. The van der Waals surface area contributed by atoms with E-state index in [4.69, 9.17) is 0 Å². The molecule has 2 aliphatic heterocycles. The van der Waals surface area contributed by atoms with Gasteiger partial charge in [0.25, 0.3) is 0 Å². The molecule has 41 heavy (non-hydrogen) atoms. The van der Waals surface area contributed by atoms with Crippen LogP contribution in [0, 0.1) is 13.8 Å². The Morgan fingerprint density at radius 3 is 1.49 bits per heavy atom. The zero-order valence-electron chi connectivity index (χ0n) is 23.5. The first kappa shape index (κ1) is 25.0. The van der Waals surface area contributed by atoms with Crippen LogP contribution < -0.4 is 10.6 Å². The van der Waals surface area contributed by atoms with Gasteiger partial charge in [0.15, 0.2) is 0 Å². The van der Waals surface area contributed by atoms with Crippen molar-refractivity contribution < 1.29 is 0 Å². The fraction of sp³-hybridized carbons (Fsp3) is 0.222. The third-order valence-corrected chi connectivity index (χ3v) is 10.3. The van der Waals surface area contributed by atoms with E-state index in [2.05, 4.69) is 119 Å². The van der Waals surface area contributed by atoms with Crippen molar-refractivity contribution >= 4 is 33.6 Å². The first-order chi connectivity index (χ1) is 20.2. The van der Waals surface area contributed by atoms with Gasteiger partial charge in [-0.3, -0.25) is 0 Å². The number of fused-ring (bicyclic) bond motifs is 6. The van der Waals surface area contributed by atoms with Crippen LogP contribution >= 0.6 is 11.8 Å². The molecular formula is C36H34N4S. The Bertz CT molecular complexity index is 1790. The number of aromatic nitrogens is 2. The van der Waals surface area contributed by atoms with Crippen LogP contribution in [0.2, 0.25) is 0 Å². The first-order valence-electron chi connectivity index (χ1n) is 14.6. The Hall–Kier alpha value is -3.77. The van der Waals surface area contributed by atoms with E-state index in [-0.39, 0.29) is 0 Å². The molecule has 0 fully saturated rings. The number of hydrogen-bond acceptors (Lipinski definition) is 3. The van der Waals surface area contributed by atoms with Crippen LogP contribution in [0.15, 0.2) is 94.7 Å². The zero-order valence-corrected chi connectivity index (χ0v) is 24.3. The molecule has 4 aromatic carbocycles. The molecule has 0 bridgehead atoms. The molecule has 4 N–H and O–H groups in total. The molecule has 4 heterocycles. The minimum Gasteiger partial charge on any atom is -0.357 e. The number of rotatable bonds is 4. The average Bonchev–Trinajstić information content (AvgIpc) is 3.58. The van der Waals surface area contributed by atoms with Crippen molar-refractivity contribution in [3.8, 4) is 0 Å². The summed E-state index contributed by atoms with van der Waals surface area (Å²) in [7, 11) is 0. The smallest absolute Gasteiger partial charge is 0.0601 e. The maximum Gasteiger partial charge on any atom is 0.0601 e. The van der Waals surface area contributed by atoms with Gasteiger partial charge in [-0.05, 0) is 59.4 Å². The van der Waals surface area contributed by atoms with Crippen LogP contribution in [0.5, 0.6) is 0 Å². The Balaban J connectivity index is 1.22. The molecule has 8 rings (SSSR count). The van der Waals surface area contributed by atoms with E-state index < -0.39 is 0 Å². The molecule has 2 aliphatic rings. The molecule has 2 atom stereocenters. The number of H-pyrrole nitrogens is 2. The third-order valence-electron chi connectivity index (χ3n) is 9.22. The predicted molar refractivity (Wildman–Crippen MR) is 170 cm³/mol. The number of para-hydroxylation sites is 2. The van der Waals surface area contributed by atoms with E-state index in [1.165, 1.54) is 76.4 Å². The molecule has 0 radical (unpaired) electrons. The van der Waals surface area contributed by atoms with Gasteiger partial charge in [0, 0.05) is 70.0 Å². The van der Waals surface area contributed by atoms with Crippen molar-refractivity contribution in [2.75, 3.05) is 13.1 Å². The molecule has 6 aromatic rings. The molecule has 0 saturated carbocycles. The molecule has 2 aromatic heterocycles. The van der Waals surface area contributed by atoms with Crippen LogP contribution in [-0.2, 0) is 13.1 Å². The number of hydrogen-bond donors (Lipinski definition) is 4. The summed E-state index contributed by atoms with van der Waals surface area (Å²) in [6.07, 6.45) is 0. The summed E-state index contributed by atoms with van der Waals surface area (Å²) in [5.74, 6) is 0.657. The SMILES string of the molecule is Cc1ccccc1C1CNCc2c1[nH]c1c(Sc3cccc4c5c([nH]c34)C(c3ccccc3C)CNC5)cccc21. The third kappa shape index (κ3) is 4.06. The highest BCUT2D eigenvalue weighted by Gasteiger charge is 2.29. The standard InChI is InChI=1S/C36H34N4S/c1-21-9-3-5-11-23(21)27-17-37-19-29-25-13-7-15-31(35(25)39-33(27)29)41-32-16-8-14-26-30-20-38-18-28(34(30)40-36(26)32)24-12-6-4-10-22(24)2/h3-16,27-28,37-40H,17-20H2,1-2H3. The zero-order chi connectivity index (χ0) is 27.5. The van der Waals surface area contributed by atoms with Crippen molar-refractivity contribution in [2.24, 2.45) is 0 Å². The second-order valence-electron chi connectivity index (χ2n) is 11.6. The normalized spacial score (nSPS) is 18.5. The topological polar surface area (TPSA) is 55.6 Å². The highest BCUT2D eigenvalue weighted by Crippen LogP contribution is 2.43. The molecule has 0 saturated heterocycles. The van der Waals surface area contributed by atoms with Gasteiger partial charge in [-0.2, -0.15) is 0 Å². The highest BCUT2D eigenvalue weighted by atomic mass is 32.2. The lowest BCUT2D eigenvalue weighted by Crippen LogP contribution is -2.28. The molecular weight excluding hydrogens is 520 g/mol. The number of nitrogens with one attached hydrogen (secondary N) is 4. The number of aryl methyl sites for hydroxylation is 2. The summed E-state index contributed by atoms with van der Waals surface area (Å²) in [5, 5.41) is 10.1. The summed E-state index contributed by atoms with van der Waals surface area (Å²) < 4.78 is 0. The molecule has 2 unspecified atom stereocenters. The van der Waals surface area contributed by atoms with E-state index >= 15 is 0 Å². The lowest BCUT2D eigenvalue weighted by molar-refractivity contribution is 0.584. The van der Waals surface area contributed by atoms with E-state index in [0.717, 1.165) is 26.2 Å². The Kier molecular flexibility index (Phi) is 6.06. The molecule has 4 nitrogen and oxygen atoms in total. The van der Waals surface area contributed by atoms with E-state index in [9.17, 15) is 0 Å². The summed E-state index contributed by atoms with van der Waals surface area (Å²) in [6.45, 7) is 8.16. The van der Waals surface area contributed by atoms with Gasteiger partial charge in [0.2, 0.25) is 0 Å². The lowest BCUT2D eigenvalue weighted by Gasteiger charge is -2.25. The van der Waals surface area contributed by atoms with Gasteiger partial charge in [0.05, 0.1) is 11.0 Å². The summed E-state index contributed by atoms with van der Waals surface area (Å²) in [6, 6.07) is 31.1. The van der Waals surface area contributed by atoms with Crippen LogP contribution in [0.1, 0.15) is 56.6 Å². The van der Waals surface area contributed by atoms with Gasteiger partial charge >= 0.3 is 0 Å². The lowest BCUT2D eigenvalue weighted by atomic mass is 9.87. The van der Waals surface area contributed by atoms with Crippen molar-refractivity contribution in [1.29, 1.82) is 0 Å². The van der Waals surface area contributed by atoms with Gasteiger partial charge in [-0.15, -0.1) is 0 Å². The van der Waals surface area contributed by atoms with E-state index in [1.54, 1.807) is 0 Å². The summed E-state index contributed by atoms with van der Waals surface area (Å²) in [4.78, 5) is 10.4. The van der Waals surface area contributed by atoms with Gasteiger partial charge in [-0.1, -0.05) is 84.6 Å². The van der Waals surface area contributed by atoms with E-state index in [0.29, 0.717) is 11.8 Å². The van der Waals surface area contributed by atoms with Crippen LogP contribution in [0.4, 0.5) is 0 Å². The van der Waals surface area contributed by atoms with Crippen LogP contribution in [-0.4, -0.2) is 23.1 Å². The van der Waals surface area contributed by atoms with Gasteiger partial charge in [0.1, 0.15) is 0 Å². The van der Waals surface area contributed by atoms with Crippen molar-refractivity contribution in [2.45, 2.75) is 48.6 Å². The molecule has 5 heteroatoms. The first-order valence-corrected chi connectivity index (χ1v) is 15.5. The number of benzene rings is 4. The Labute approximate surface area is 245 Å². The maximum atomic E-state index is 3.93. The second kappa shape index (κ2) is 9.95. The highest BCUT2D eigenvalue weighted by molar-refractivity contribution is 7.99. The minimum atomic E-state index is 0.328. The summed E-state index contributed by atoms with van der Waals surface area (Å²) >= 11 is 1.87. The minimum absolute atomic E-state index is 0.328. The Morgan fingerprint density at radius 2 is 1.02 bits per heavy atom. The van der Waals surface area contributed by atoms with Gasteiger partial charge < -0.3 is 20.6 Å². The van der Waals surface area contributed by atoms with Crippen molar-refractivity contribution in [3.05, 3.63) is 130 Å². The fourth-order valence-corrected chi connectivity index (χ4v) is 8.23. The number of aromatic amines is 2. The molecule has 204 valence electrons. The second-order valence-corrected chi connectivity index (χ2v) is 12.7. The molecule has 0 amide bonds. The van der Waals surface area contributed by atoms with E-state index in [1.807, 2.05) is 11.8 Å². The molecule has 0 spiro atoms. The Morgan fingerprint density at radius 1 is 0.561 bits per heavy atom. The van der Waals surface area contributed by atoms with Crippen LogP contribution in [0.3, 0.4) is 0 Å².